The lowest BCUT2D eigenvalue weighted by Crippen LogP contribution is -2.48. The number of nitrogens with zero attached hydrogens (tertiary/aromatic N) is 1. The first kappa shape index (κ1) is 37.7. The molecule has 0 saturated heterocycles. The van der Waals surface area contributed by atoms with Gasteiger partial charge in [-0.1, -0.05) is 61.8 Å². The molecule has 0 saturated carbocycles. The second kappa shape index (κ2) is 17.5. The highest BCUT2D eigenvalue weighted by Gasteiger charge is 2.41. The van der Waals surface area contributed by atoms with Crippen LogP contribution in [0.5, 0.6) is 11.5 Å². The number of fused-ring (bicyclic) bond motifs is 1. The Balaban J connectivity index is 1.64. The molecule has 2 amide bonds. The summed E-state index contributed by atoms with van der Waals surface area (Å²) in [5.41, 5.74) is 3.08. The molecular formula is C38H47ClN2O8. The Hall–Kier alpha value is -4.12. The Morgan fingerprint density at radius 1 is 0.980 bits per heavy atom. The number of esters is 1. The van der Waals surface area contributed by atoms with Gasteiger partial charge in [-0.05, 0) is 61.6 Å². The van der Waals surface area contributed by atoms with E-state index in [-0.39, 0.29) is 38.0 Å². The SMILES string of the molecule is CCOC(=O)CCc1ccc(CNC(=O)CC2OC(c3cccc(OC)c3OC)c3cc(Cl)ccc3N(CC(CC)(CC)CO)C2=O)cc1. The van der Waals surface area contributed by atoms with Gasteiger partial charge in [-0.25, -0.2) is 0 Å². The number of benzene rings is 3. The molecule has 0 radical (unpaired) electrons. The monoisotopic (exact) mass is 694 g/mol. The summed E-state index contributed by atoms with van der Waals surface area (Å²) in [5, 5.41) is 13.9. The van der Waals surface area contributed by atoms with Gasteiger partial charge in [-0.15, -0.1) is 0 Å². The highest BCUT2D eigenvalue weighted by Crippen LogP contribution is 2.46. The zero-order valence-corrected chi connectivity index (χ0v) is 29.7. The van der Waals surface area contributed by atoms with E-state index in [4.69, 9.17) is 30.5 Å². The summed E-state index contributed by atoms with van der Waals surface area (Å²) < 4.78 is 23.0. The summed E-state index contributed by atoms with van der Waals surface area (Å²) in [7, 11) is 3.07. The van der Waals surface area contributed by atoms with Crippen molar-refractivity contribution in [3.63, 3.8) is 0 Å². The van der Waals surface area contributed by atoms with Gasteiger partial charge < -0.3 is 34.3 Å². The number of aliphatic hydroxyl groups is 1. The van der Waals surface area contributed by atoms with Crippen molar-refractivity contribution in [2.45, 2.75) is 71.6 Å². The number of anilines is 1. The summed E-state index contributed by atoms with van der Waals surface area (Å²) in [5.74, 6) is -0.0878. The second-order valence-electron chi connectivity index (χ2n) is 12.2. The van der Waals surface area contributed by atoms with Crippen LogP contribution in [0.15, 0.2) is 60.7 Å². The van der Waals surface area contributed by atoms with E-state index in [0.717, 1.165) is 11.1 Å². The van der Waals surface area contributed by atoms with Gasteiger partial charge in [0, 0.05) is 46.8 Å². The number of carbonyl (C=O) groups is 3. The van der Waals surface area contributed by atoms with Crippen molar-refractivity contribution in [3.8, 4) is 11.5 Å². The van der Waals surface area contributed by atoms with Gasteiger partial charge in [-0.3, -0.25) is 14.4 Å². The van der Waals surface area contributed by atoms with Crippen molar-refractivity contribution in [2.75, 3.05) is 38.9 Å². The molecule has 0 aliphatic carbocycles. The Labute approximate surface area is 293 Å². The number of halogens is 1. The van der Waals surface area contributed by atoms with Crippen LogP contribution in [0.2, 0.25) is 5.02 Å². The lowest BCUT2D eigenvalue weighted by Gasteiger charge is -2.36. The summed E-state index contributed by atoms with van der Waals surface area (Å²) in [6, 6.07) is 18.3. The molecule has 10 nitrogen and oxygen atoms in total. The second-order valence-corrected chi connectivity index (χ2v) is 12.6. The maximum atomic E-state index is 14.5. The number of hydrogen-bond acceptors (Lipinski definition) is 8. The highest BCUT2D eigenvalue weighted by molar-refractivity contribution is 6.30. The maximum Gasteiger partial charge on any atom is 0.306 e. The van der Waals surface area contributed by atoms with Crippen molar-refractivity contribution >= 4 is 35.1 Å². The van der Waals surface area contributed by atoms with E-state index in [1.807, 2.05) is 50.2 Å². The van der Waals surface area contributed by atoms with Gasteiger partial charge in [0.2, 0.25) is 5.91 Å². The van der Waals surface area contributed by atoms with E-state index in [2.05, 4.69) is 5.32 Å². The van der Waals surface area contributed by atoms with Gasteiger partial charge in [-0.2, -0.15) is 0 Å². The van der Waals surface area contributed by atoms with Crippen LogP contribution in [0.3, 0.4) is 0 Å². The zero-order valence-electron chi connectivity index (χ0n) is 28.9. The number of nitrogens with one attached hydrogen (secondary N) is 1. The van der Waals surface area contributed by atoms with Crippen molar-refractivity contribution in [1.82, 2.24) is 5.32 Å². The predicted octanol–water partition coefficient (Wildman–Crippen LogP) is 6.18. The number of para-hydroxylation sites is 1. The first-order chi connectivity index (χ1) is 23.6. The van der Waals surface area contributed by atoms with Crippen molar-refractivity contribution < 1.29 is 38.4 Å². The molecule has 0 bridgehead atoms. The minimum atomic E-state index is -1.18. The standard InChI is InChI=1S/C38H47ClN2O8/c1-6-38(7-2,24-42)23-41-30-18-17-27(39)20-29(30)35(28-10-9-11-31(46-4)36(28)47-5)49-32(37(41)45)21-33(43)40-22-26-14-12-25(13-15-26)16-19-34(44)48-8-3/h9-15,17-18,20,32,35,42H,6-8,16,19,21-24H2,1-5H3,(H,40,43). The molecule has 2 N–H and O–H groups in total. The minimum absolute atomic E-state index is 0.118. The Morgan fingerprint density at radius 2 is 1.69 bits per heavy atom. The highest BCUT2D eigenvalue weighted by atomic mass is 35.5. The quantitative estimate of drug-likeness (QED) is 0.171. The Bertz CT molecular complexity index is 1580. The van der Waals surface area contributed by atoms with Crippen LogP contribution in [-0.2, 0) is 36.8 Å². The molecule has 264 valence electrons. The van der Waals surface area contributed by atoms with Gasteiger partial charge in [0.15, 0.2) is 11.5 Å². The normalized spacial score (nSPS) is 16.1. The van der Waals surface area contributed by atoms with Crippen molar-refractivity contribution in [2.24, 2.45) is 5.41 Å². The number of aliphatic hydroxyl groups excluding tert-OH is 1. The van der Waals surface area contributed by atoms with Crippen LogP contribution in [0.1, 0.15) is 74.8 Å². The molecule has 2 unspecified atom stereocenters. The number of ether oxygens (including phenoxy) is 4. The minimum Gasteiger partial charge on any atom is -0.493 e. The summed E-state index contributed by atoms with van der Waals surface area (Å²) in [6.45, 7) is 6.45. The third-order valence-corrected chi connectivity index (χ3v) is 9.49. The van der Waals surface area contributed by atoms with E-state index in [0.29, 0.717) is 65.6 Å². The van der Waals surface area contributed by atoms with Gasteiger partial charge >= 0.3 is 5.97 Å². The van der Waals surface area contributed by atoms with Crippen LogP contribution in [0, 0.1) is 5.41 Å². The molecular weight excluding hydrogens is 648 g/mol. The fourth-order valence-electron chi connectivity index (χ4n) is 6.05. The third-order valence-electron chi connectivity index (χ3n) is 9.26. The molecule has 0 spiro atoms. The number of carbonyl (C=O) groups excluding carboxylic acids is 3. The van der Waals surface area contributed by atoms with E-state index in [1.165, 1.54) is 7.11 Å². The van der Waals surface area contributed by atoms with Crippen LogP contribution >= 0.6 is 11.6 Å². The Kier molecular flexibility index (Phi) is 13.5. The molecule has 3 aromatic carbocycles. The van der Waals surface area contributed by atoms with E-state index in [9.17, 15) is 19.5 Å². The summed E-state index contributed by atoms with van der Waals surface area (Å²) in [4.78, 5) is 41.3. The molecule has 1 aliphatic rings. The maximum absolute atomic E-state index is 14.5. The summed E-state index contributed by atoms with van der Waals surface area (Å²) in [6.07, 6.45) is -0.154. The zero-order chi connectivity index (χ0) is 35.6. The topological polar surface area (TPSA) is 124 Å². The average molecular weight is 695 g/mol. The first-order valence-electron chi connectivity index (χ1n) is 16.7. The molecule has 1 heterocycles. The molecule has 2 atom stereocenters. The van der Waals surface area contributed by atoms with Gasteiger partial charge in [0.05, 0.1) is 33.9 Å². The number of hydrogen-bond donors (Lipinski definition) is 2. The lowest BCUT2D eigenvalue weighted by molar-refractivity contribution is -0.143. The average Bonchev–Trinajstić information content (AvgIpc) is 3.22. The Morgan fingerprint density at radius 3 is 2.33 bits per heavy atom. The van der Waals surface area contributed by atoms with Gasteiger partial charge in [0.1, 0.15) is 12.2 Å². The molecule has 11 heteroatoms. The fraction of sp³-hybridized carbons (Fsp3) is 0.447. The smallest absolute Gasteiger partial charge is 0.306 e. The number of amides is 2. The third kappa shape index (κ3) is 9.12. The molecule has 4 rings (SSSR count). The summed E-state index contributed by atoms with van der Waals surface area (Å²) >= 11 is 6.55. The molecule has 0 aromatic heterocycles. The van der Waals surface area contributed by atoms with Crippen LogP contribution < -0.4 is 19.7 Å². The van der Waals surface area contributed by atoms with E-state index >= 15 is 0 Å². The molecule has 1 aliphatic heterocycles. The molecule has 0 fully saturated rings. The fourth-order valence-corrected chi connectivity index (χ4v) is 6.24. The first-order valence-corrected chi connectivity index (χ1v) is 17.1. The van der Waals surface area contributed by atoms with Crippen LogP contribution in [-0.4, -0.2) is 63.0 Å². The predicted molar refractivity (Wildman–Crippen MR) is 188 cm³/mol. The lowest BCUT2D eigenvalue weighted by atomic mass is 9.82. The molecule has 49 heavy (non-hydrogen) atoms. The van der Waals surface area contributed by atoms with E-state index in [1.54, 1.807) is 43.2 Å². The van der Waals surface area contributed by atoms with Crippen LogP contribution in [0.25, 0.3) is 0 Å². The van der Waals surface area contributed by atoms with E-state index < -0.39 is 23.5 Å². The number of methoxy groups -OCH3 is 2. The van der Waals surface area contributed by atoms with Gasteiger partial charge in [0.25, 0.3) is 5.91 Å². The van der Waals surface area contributed by atoms with Crippen LogP contribution in [0.4, 0.5) is 5.69 Å². The number of rotatable bonds is 16. The van der Waals surface area contributed by atoms with Crippen molar-refractivity contribution in [1.29, 1.82) is 0 Å². The molecule has 3 aromatic rings. The number of aryl methyl sites for hydroxylation is 1. The van der Waals surface area contributed by atoms with Crippen molar-refractivity contribution in [3.05, 3.63) is 87.9 Å². The largest absolute Gasteiger partial charge is 0.493 e.